The molecule has 1 aliphatic rings. The summed E-state index contributed by atoms with van der Waals surface area (Å²) in [7, 11) is 1.69. The van der Waals surface area contributed by atoms with Crippen LogP contribution in [-0.4, -0.2) is 89.6 Å². The summed E-state index contributed by atoms with van der Waals surface area (Å²) in [5.41, 5.74) is 9.71. The van der Waals surface area contributed by atoms with Crippen molar-refractivity contribution in [2.75, 3.05) is 58.8 Å². The van der Waals surface area contributed by atoms with Gasteiger partial charge in [0.1, 0.15) is 11.3 Å². The summed E-state index contributed by atoms with van der Waals surface area (Å²) in [4.78, 5) is 43.5. The Labute approximate surface area is 293 Å². The fourth-order valence-corrected chi connectivity index (χ4v) is 6.20. The molecule has 13 heteroatoms. The van der Waals surface area contributed by atoms with E-state index in [0.29, 0.717) is 57.1 Å². The number of ether oxygens (including phenoxy) is 2. The number of likely N-dealkylation sites (tertiary alicyclic amines) is 1. The van der Waals surface area contributed by atoms with Gasteiger partial charge in [-0.05, 0) is 68.5 Å². The molecule has 0 bridgehead atoms. The number of halogens is 1. The highest BCUT2D eigenvalue weighted by Gasteiger charge is 2.19. The van der Waals surface area contributed by atoms with Gasteiger partial charge < -0.3 is 34.9 Å². The van der Waals surface area contributed by atoms with E-state index in [9.17, 15) is 9.18 Å². The molecule has 0 aliphatic carbocycles. The number of aromatic nitrogens is 3. The van der Waals surface area contributed by atoms with Crippen molar-refractivity contribution in [1.82, 2.24) is 29.7 Å². The number of aryl methyl sites for hydroxylation is 1. The van der Waals surface area contributed by atoms with Crippen LogP contribution in [0.4, 0.5) is 15.0 Å². The van der Waals surface area contributed by atoms with E-state index in [1.54, 1.807) is 19.2 Å². The number of piperidine rings is 1. The van der Waals surface area contributed by atoms with Gasteiger partial charge in [-0.2, -0.15) is 9.59 Å². The number of hydrogen-bond donors (Lipinski definition) is 2. The molecule has 0 atom stereocenters. The monoisotopic (exact) mass is 691 g/mol. The minimum Gasteiger partial charge on any atom is -0.490 e. The number of amides is 2. The summed E-state index contributed by atoms with van der Waals surface area (Å²) in [5.74, 6) is 1.41. The van der Waals surface area contributed by atoms with Gasteiger partial charge in [0, 0.05) is 51.6 Å². The summed E-state index contributed by atoms with van der Waals surface area (Å²) in [6.45, 7) is 10.2. The highest BCUT2D eigenvalue weighted by Crippen LogP contribution is 2.29. The number of para-hydroxylation sites is 1. The van der Waals surface area contributed by atoms with Gasteiger partial charge in [0.15, 0.2) is 17.4 Å². The van der Waals surface area contributed by atoms with Crippen molar-refractivity contribution in [3.05, 3.63) is 59.7 Å². The van der Waals surface area contributed by atoms with E-state index in [4.69, 9.17) is 29.8 Å². The van der Waals surface area contributed by atoms with Gasteiger partial charge >= 0.3 is 12.2 Å². The van der Waals surface area contributed by atoms with Crippen molar-refractivity contribution in [3.63, 3.8) is 0 Å². The molecule has 5 rings (SSSR count). The zero-order valence-corrected chi connectivity index (χ0v) is 29.5. The predicted molar refractivity (Wildman–Crippen MR) is 190 cm³/mol. The number of pyridine rings is 1. The summed E-state index contributed by atoms with van der Waals surface area (Å²) < 4.78 is 27.9. The Morgan fingerprint density at radius 1 is 1.08 bits per heavy atom. The lowest BCUT2D eigenvalue weighted by atomic mass is 10.1. The first kappa shape index (κ1) is 38.2. The van der Waals surface area contributed by atoms with Crippen molar-refractivity contribution in [2.24, 2.45) is 5.92 Å². The molecule has 1 aliphatic heterocycles. The van der Waals surface area contributed by atoms with E-state index in [0.717, 1.165) is 60.3 Å². The van der Waals surface area contributed by atoms with Crippen LogP contribution in [0.3, 0.4) is 0 Å². The number of anilines is 1. The van der Waals surface area contributed by atoms with Crippen molar-refractivity contribution in [3.8, 4) is 5.75 Å². The van der Waals surface area contributed by atoms with Gasteiger partial charge in [-0.3, -0.25) is 0 Å². The zero-order chi connectivity index (χ0) is 35.9. The molecule has 1 saturated heterocycles. The van der Waals surface area contributed by atoms with Gasteiger partial charge in [-0.1, -0.05) is 44.5 Å². The number of nitrogens with one attached hydrogen (secondary N) is 1. The summed E-state index contributed by atoms with van der Waals surface area (Å²) in [6, 6.07) is 12.7. The number of carbonyl (C=O) groups is 1. The lowest BCUT2D eigenvalue weighted by molar-refractivity contribution is -0.191. The number of methoxy groups -OCH3 is 1. The molecule has 3 N–H and O–H groups in total. The Hall–Kier alpha value is -4.58. The number of benzene rings is 2. The Balaban J connectivity index is 0.00000181. The quantitative estimate of drug-likeness (QED) is 0.147. The van der Waals surface area contributed by atoms with Crippen LogP contribution in [0.25, 0.3) is 21.9 Å². The second-order valence-corrected chi connectivity index (χ2v) is 12.9. The molecule has 12 nitrogen and oxygen atoms in total. The van der Waals surface area contributed by atoms with Crippen molar-refractivity contribution in [1.29, 1.82) is 0 Å². The fourth-order valence-electron chi connectivity index (χ4n) is 6.20. The lowest BCUT2D eigenvalue weighted by Crippen LogP contribution is -2.44. The summed E-state index contributed by atoms with van der Waals surface area (Å²) in [6.07, 6.45) is 6.18. The van der Waals surface area contributed by atoms with Gasteiger partial charge in [0.25, 0.3) is 0 Å². The van der Waals surface area contributed by atoms with Crippen LogP contribution in [0.15, 0.2) is 42.5 Å². The topological polar surface area (TPSA) is 145 Å². The largest absolute Gasteiger partial charge is 0.490 e. The molecular formula is C37H50FN7O5. The average molecular weight is 692 g/mol. The zero-order valence-electron chi connectivity index (χ0n) is 29.5. The number of rotatable bonds is 16. The SMILES string of the molecule is COCCc1nc2c(N)nc3ccccc3c2n1CCCCN(Cc1ccc(F)c(OCC(C)C)c1)C(=O)NCCN1CCCCC1.O=C=O. The third kappa shape index (κ3) is 10.7. The molecule has 1 fully saturated rings. The van der Waals surface area contributed by atoms with Crippen LogP contribution >= 0.6 is 0 Å². The molecule has 3 heterocycles. The number of hydrogen-bond acceptors (Lipinski definition) is 9. The average Bonchev–Trinajstić information content (AvgIpc) is 3.48. The van der Waals surface area contributed by atoms with Gasteiger partial charge in [-0.15, -0.1) is 0 Å². The summed E-state index contributed by atoms with van der Waals surface area (Å²) in [5, 5.41) is 4.15. The van der Waals surface area contributed by atoms with E-state index < -0.39 is 5.82 Å². The Bertz CT molecular complexity index is 1720. The minimum atomic E-state index is -0.396. The van der Waals surface area contributed by atoms with Crippen LogP contribution in [0.5, 0.6) is 5.75 Å². The van der Waals surface area contributed by atoms with E-state index in [2.05, 4.69) is 25.8 Å². The first-order valence-electron chi connectivity index (χ1n) is 17.4. The van der Waals surface area contributed by atoms with Gasteiger partial charge in [-0.25, -0.2) is 19.2 Å². The molecule has 0 radical (unpaired) electrons. The second-order valence-electron chi connectivity index (χ2n) is 12.9. The Morgan fingerprint density at radius 3 is 2.58 bits per heavy atom. The number of nitrogen functional groups attached to an aromatic ring is 1. The van der Waals surface area contributed by atoms with Crippen LogP contribution < -0.4 is 15.8 Å². The van der Waals surface area contributed by atoms with E-state index >= 15 is 0 Å². The Kier molecular flexibility index (Phi) is 15.0. The normalized spacial score (nSPS) is 13.2. The number of imidazole rings is 1. The number of fused-ring (bicyclic) bond motifs is 3. The number of nitrogens with two attached hydrogens (primary N) is 1. The Morgan fingerprint density at radius 2 is 1.84 bits per heavy atom. The van der Waals surface area contributed by atoms with Crippen molar-refractivity contribution < 1.29 is 28.2 Å². The molecule has 0 spiro atoms. The second kappa shape index (κ2) is 19.6. The molecule has 0 unspecified atom stereocenters. The number of nitrogens with zero attached hydrogens (tertiary/aromatic N) is 5. The first-order valence-corrected chi connectivity index (χ1v) is 17.4. The smallest absolute Gasteiger partial charge is 0.373 e. The minimum absolute atomic E-state index is 0.116. The van der Waals surface area contributed by atoms with Crippen molar-refractivity contribution in [2.45, 2.75) is 65.5 Å². The van der Waals surface area contributed by atoms with Crippen LogP contribution in [-0.2, 0) is 33.8 Å². The van der Waals surface area contributed by atoms with Crippen LogP contribution in [0.1, 0.15) is 57.3 Å². The maximum absolute atomic E-state index is 14.5. The van der Waals surface area contributed by atoms with Gasteiger partial charge in [0.05, 0.1) is 24.2 Å². The third-order valence-corrected chi connectivity index (χ3v) is 8.66. The van der Waals surface area contributed by atoms with Crippen LogP contribution in [0, 0.1) is 11.7 Å². The lowest BCUT2D eigenvalue weighted by Gasteiger charge is -2.28. The van der Waals surface area contributed by atoms with Crippen molar-refractivity contribution >= 4 is 39.9 Å². The predicted octanol–water partition coefficient (Wildman–Crippen LogP) is 5.42. The third-order valence-electron chi connectivity index (χ3n) is 8.66. The fraction of sp³-hybridized carbons (Fsp3) is 0.514. The molecular weight excluding hydrogens is 641 g/mol. The first-order chi connectivity index (χ1) is 24.2. The number of urea groups is 1. The number of carbonyl (C=O) groups excluding carboxylic acids is 3. The molecule has 0 saturated carbocycles. The van der Waals surface area contributed by atoms with E-state index in [1.165, 1.54) is 25.3 Å². The highest BCUT2D eigenvalue weighted by atomic mass is 19.1. The van der Waals surface area contributed by atoms with Crippen LogP contribution in [0.2, 0.25) is 0 Å². The molecule has 50 heavy (non-hydrogen) atoms. The standard InChI is InChI=1S/C36H50FN7O3.CO2/c1-26(2)25-47-31-23-27(13-14-29(31)37)24-43(36(45)39-16-21-42-17-7-4-8-18-42)19-9-10-20-44-32(15-22-46-3)41-33-34(44)28-11-5-6-12-30(28)40-35(33)38;2-1-3/h5-6,11-14,23,26H,4,7-10,15-22,24-25H2,1-3H3,(H2,38,40)(H,39,45);. The van der Waals surface area contributed by atoms with Gasteiger partial charge in [0.2, 0.25) is 0 Å². The maximum atomic E-state index is 14.5. The van der Waals surface area contributed by atoms with E-state index in [1.807, 2.05) is 36.9 Å². The maximum Gasteiger partial charge on any atom is 0.373 e. The number of unbranched alkanes of at least 4 members (excludes halogenated alkanes) is 1. The molecule has 4 aromatic rings. The van der Waals surface area contributed by atoms with E-state index in [-0.39, 0.29) is 23.9 Å². The summed E-state index contributed by atoms with van der Waals surface area (Å²) >= 11 is 0. The molecule has 270 valence electrons. The molecule has 2 aromatic heterocycles. The highest BCUT2D eigenvalue weighted by molar-refractivity contribution is 6.06. The molecule has 2 amide bonds. The molecule has 2 aromatic carbocycles.